The Kier molecular flexibility index (Phi) is 3.88. The van der Waals surface area contributed by atoms with E-state index in [4.69, 9.17) is 5.73 Å². The van der Waals surface area contributed by atoms with Crippen LogP contribution >= 0.6 is 31.9 Å². The van der Waals surface area contributed by atoms with Crippen LogP contribution in [0.3, 0.4) is 0 Å². The molecule has 4 heteroatoms. The molecule has 2 aromatic carbocycles. The number of carbonyl (C=O) groups excluding carboxylic acids is 1. The molecular weight excluding hydrogens is 358 g/mol. The molecule has 2 aromatic rings. The molecule has 0 fully saturated rings. The molecule has 0 aliphatic carbocycles. The van der Waals surface area contributed by atoms with Gasteiger partial charge in [0.05, 0.1) is 0 Å². The summed E-state index contributed by atoms with van der Waals surface area (Å²) in [6, 6.07) is 10.8. The molecule has 2 N–H and O–H groups in total. The number of nitrogens with two attached hydrogens (primary N) is 1. The van der Waals surface area contributed by atoms with Crippen molar-refractivity contribution in [3.8, 4) is 0 Å². The summed E-state index contributed by atoms with van der Waals surface area (Å²) in [5.41, 5.74) is 8.56. The summed E-state index contributed by atoms with van der Waals surface area (Å²) in [5, 5.41) is 0. The summed E-state index contributed by atoms with van der Waals surface area (Å²) in [6.07, 6.45) is 0. The fraction of sp³-hybridized carbons (Fsp3) is 0.0714. The number of benzene rings is 2. The Hall–Kier alpha value is -1.13. The quantitative estimate of drug-likeness (QED) is 0.633. The Labute approximate surface area is 122 Å². The summed E-state index contributed by atoms with van der Waals surface area (Å²) >= 11 is 6.78. The smallest absolute Gasteiger partial charge is 0.194 e. The molecule has 2 rings (SSSR count). The van der Waals surface area contributed by atoms with E-state index in [0.717, 1.165) is 14.5 Å². The highest BCUT2D eigenvalue weighted by molar-refractivity contribution is 9.11. The van der Waals surface area contributed by atoms with Gasteiger partial charge in [-0.2, -0.15) is 0 Å². The second-order valence-electron chi connectivity index (χ2n) is 4.03. The highest BCUT2D eigenvalue weighted by atomic mass is 79.9. The van der Waals surface area contributed by atoms with E-state index in [2.05, 4.69) is 31.9 Å². The third-order valence-electron chi connectivity index (χ3n) is 2.67. The number of nitrogen functional groups attached to an aromatic ring is 1. The third-order valence-corrected chi connectivity index (χ3v) is 3.82. The molecule has 18 heavy (non-hydrogen) atoms. The van der Waals surface area contributed by atoms with E-state index in [1.54, 1.807) is 24.3 Å². The number of hydrogen-bond acceptors (Lipinski definition) is 2. The van der Waals surface area contributed by atoms with E-state index < -0.39 is 0 Å². The molecule has 0 heterocycles. The van der Waals surface area contributed by atoms with Crippen molar-refractivity contribution in [3.05, 3.63) is 62.0 Å². The van der Waals surface area contributed by atoms with Crippen molar-refractivity contribution < 1.29 is 4.79 Å². The van der Waals surface area contributed by atoms with E-state index in [9.17, 15) is 4.79 Å². The predicted molar refractivity (Wildman–Crippen MR) is 80.9 cm³/mol. The summed E-state index contributed by atoms with van der Waals surface area (Å²) in [5.74, 6) is -0.00752. The normalized spacial score (nSPS) is 10.4. The van der Waals surface area contributed by atoms with Gasteiger partial charge in [-0.25, -0.2) is 0 Å². The van der Waals surface area contributed by atoms with Crippen molar-refractivity contribution in [1.82, 2.24) is 0 Å². The third kappa shape index (κ3) is 2.65. The van der Waals surface area contributed by atoms with Crippen LogP contribution in [0.5, 0.6) is 0 Å². The van der Waals surface area contributed by atoms with E-state index in [0.29, 0.717) is 16.8 Å². The molecule has 0 aliphatic rings. The van der Waals surface area contributed by atoms with Crippen molar-refractivity contribution in [2.24, 2.45) is 0 Å². The molecule has 0 radical (unpaired) electrons. The predicted octanol–water partition coefficient (Wildman–Crippen LogP) is 4.33. The van der Waals surface area contributed by atoms with Crippen LogP contribution in [0, 0.1) is 6.92 Å². The van der Waals surface area contributed by atoms with Crippen molar-refractivity contribution in [2.45, 2.75) is 6.92 Å². The number of hydrogen-bond donors (Lipinski definition) is 1. The van der Waals surface area contributed by atoms with Gasteiger partial charge in [0, 0.05) is 25.8 Å². The maximum atomic E-state index is 12.4. The molecule has 0 saturated heterocycles. The number of ketones is 1. The molecular formula is C14H11Br2NO. The molecule has 0 bridgehead atoms. The van der Waals surface area contributed by atoms with Gasteiger partial charge in [-0.3, -0.25) is 4.79 Å². The van der Waals surface area contributed by atoms with E-state index in [1.807, 2.05) is 19.1 Å². The molecule has 0 saturated carbocycles. The second-order valence-corrected chi connectivity index (χ2v) is 5.80. The molecule has 0 unspecified atom stereocenters. The Morgan fingerprint density at radius 3 is 2.33 bits per heavy atom. The zero-order valence-electron chi connectivity index (χ0n) is 9.71. The van der Waals surface area contributed by atoms with Gasteiger partial charge in [0.25, 0.3) is 0 Å². The van der Waals surface area contributed by atoms with Gasteiger partial charge in [0.15, 0.2) is 5.78 Å². The molecule has 0 aliphatic heterocycles. The fourth-order valence-corrected chi connectivity index (χ4v) is 2.99. The molecule has 0 amide bonds. The summed E-state index contributed by atoms with van der Waals surface area (Å²) in [4.78, 5) is 12.4. The van der Waals surface area contributed by atoms with E-state index in [1.165, 1.54) is 0 Å². The minimum Gasteiger partial charge on any atom is -0.399 e. The number of rotatable bonds is 2. The van der Waals surface area contributed by atoms with Gasteiger partial charge >= 0.3 is 0 Å². The van der Waals surface area contributed by atoms with Gasteiger partial charge < -0.3 is 5.73 Å². The SMILES string of the molecule is Cc1cc(N)ccc1C(=O)c1ccc(Br)cc1Br. The summed E-state index contributed by atoms with van der Waals surface area (Å²) in [6.45, 7) is 1.89. The number of halogens is 2. The van der Waals surface area contributed by atoms with Crippen LogP contribution in [0.25, 0.3) is 0 Å². The largest absolute Gasteiger partial charge is 0.399 e. The average Bonchev–Trinajstić information content (AvgIpc) is 2.28. The molecule has 0 atom stereocenters. The first kappa shape index (κ1) is 13.3. The van der Waals surface area contributed by atoms with Crippen LogP contribution in [0.2, 0.25) is 0 Å². The van der Waals surface area contributed by atoms with E-state index in [-0.39, 0.29) is 5.78 Å². The zero-order chi connectivity index (χ0) is 13.3. The second kappa shape index (κ2) is 5.24. The van der Waals surface area contributed by atoms with Crippen LogP contribution in [0.15, 0.2) is 45.3 Å². The Bertz CT molecular complexity index is 570. The lowest BCUT2D eigenvalue weighted by molar-refractivity contribution is 0.103. The lowest BCUT2D eigenvalue weighted by atomic mass is 9.99. The molecule has 92 valence electrons. The number of anilines is 1. The van der Waals surface area contributed by atoms with Crippen molar-refractivity contribution in [3.63, 3.8) is 0 Å². The minimum absolute atomic E-state index is 0.00752. The molecule has 2 nitrogen and oxygen atoms in total. The van der Waals surface area contributed by atoms with Crippen LogP contribution in [-0.2, 0) is 0 Å². The topological polar surface area (TPSA) is 43.1 Å². The highest BCUT2D eigenvalue weighted by Crippen LogP contribution is 2.25. The van der Waals surface area contributed by atoms with Crippen molar-refractivity contribution >= 4 is 43.3 Å². The van der Waals surface area contributed by atoms with Gasteiger partial charge in [-0.15, -0.1) is 0 Å². The van der Waals surface area contributed by atoms with Gasteiger partial charge in [0.1, 0.15) is 0 Å². The first-order valence-corrected chi connectivity index (χ1v) is 6.93. The summed E-state index contributed by atoms with van der Waals surface area (Å²) in [7, 11) is 0. The maximum absolute atomic E-state index is 12.4. The lowest BCUT2D eigenvalue weighted by Gasteiger charge is -2.08. The minimum atomic E-state index is -0.00752. The fourth-order valence-electron chi connectivity index (χ4n) is 1.76. The summed E-state index contributed by atoms with van der Waals surface area (Å²) < 4.78 is 1.71. The highest BCUT2D eigenvalue weighted by Gasteiger charge is 2.14. The van der Waals surface area contributed by atoms with Crippen molar-refractivity contribution in [2.75, 3.05) is 5.73 Å². The Morgan fingerprint density at radius 1 is 1.06 bits per heavy atom. The lowest BCUT2D eigenvalue weighted by Crippen LogP contribution is -2.05. The van der Waals surface area contributed by atoms with E-state index >= 15 is 0 Å². The zero-order valence-corrected chi connectivity index (χ0v) is 12.9. The Balaban J connectivity index is 2.48. The first-order chi connectivity index (χ1) is 8.49. The van der Waals surface area contributed by atoms with Crippen LogP contribution < -0.4 is 5.73 Å². The van der Waals surface area contributed by atoms with Gasteiger partial charge in [0.2, 0.25) is 0 Å². The maximum Gasteiger partial charge on any atom is 0.194 e. The number of carbonyl (C=O) groups is 1. The van der Waals surface area contributed by atoms with Crippen molar-refractivity contribution in [1.29, 1.82) is 0 Å². The standard InChI is InChI=1S/C14H11Br2NO/c1-8-6-10(17)3-5-11(8)14(18)12-4-2-9(15)7-13(12)16/h2-7H,17H2,1H3. The van der Waals surface area contributed by atoms with Crippen LogP contribution in [0.4, 0.5) is 5.69 Å². The van der Waals surface area contributed by atoms with Gasteiger partial charge in [-0.1, -0.05) is 15.9 Å². The monoisotopic (exact) mass is 367 g/mol. The first-order valence-electron chi connectivity index (χ1n) is 5.35. The molecule has 0 spiro atoms. The van der Waals surface area contributed by atoms with Crippen LogP contribution in [-0.4, -0.2) is 5.78 Å². The average molecular weight is 369 g/mol. The Morgan fingerprint density at radius 2 is 1.72 bits per heavy atom. The number of aryl methyl sites for hydroxylation is 1. The molecule has 0 aromatic heterocycles. The van der Waals surface area contributed by atoms with Crippen LogP contribution in [0.1, 0.15) is 21.5 Å². The van der Waals surface area contributed by atoms with Gasteiger partial charge in [-0.05, 0) is 64.8 Å².